The van der Waals surface area contributed by atoms with Crippen LogP contribution in [-0.2, 0) is 6.54 Å². The molecule has 2 heterocycles. The summed E-state index contributed by atoms with van der Waals surface area (Å²) >= 11 is 0. The van der Waals surface area contributed by atoms with E-state index in [1.54, 1.807) is 30.3 Å². The number of amides is 1. The Hall–Kier alpha value is -3.68. The van der Waals surface area contributed by atoms with Gasteiger partial charge in [-0.25, -0.2) is 0 Å². The summed E-state index contributed by atoms with van der Waals surface area (Å²) in [6.07, 6.45) is 0. The first kappa shape index (κ1) is 18.7. The van der Waals surface area contributed by atoms with E-state index in [9.17, 15) is 9.59 Å². The maximum atomic E-state index is 12.5. The lowest BCUT2D eigenvalue weighted by molar-refractivity contribution is 0.0950. The number of aromatic nitrogens is 1. The average molecular weight is 396 g/mol. The van der Waals surface area contributed by atoms with Gasteiger partial charge in [0, 0.05) is 35.2 Å². The zero-order valence-corrected chi connectivity index (χ0v) is 16.0. The second kappa shape index (κ2) is 7.75. The molecule has 4 rings (SSSR count). The van der Waals surface area contributed by atoms with Gasteiger partial charge >= 0.3 is 0 Å². The van der Waals surface area contributed by atoms with Crippen LogP contribution in [0.25, 0.3) is 10.9 Å². The van der Waals surface area contributed by atoms with Crippen LogP contribution >= 0.6 is 0 Å². The molecule has 2 N–H and O–H groups in total. The first-order valence-corrected chi connectivity index (χ1v) is 9.04. The molecule has 2 aromatic carbocycles. The van der Waals surface area contributed by atoms with Gasteiger partial charge in [-0.2, -0.15) is 0 Å². The summed E-state index contributed by atoms with van der Waals surface area (Å²) in [6.45, 7) is 1.02. The van der Waals surface area contributed by atoms with E-state index in [1.165, 1.54) is 14.2 Å². The predicted molar refractivity (Wildman–Crippen MR) is 106 cm³/mol. The number of nitrogens with one attached hydrogen (secondary N) is 2. The summed E-state index contributed by atoms with van der Waals surface area (Å²) in [6, 6.07) is 10.2. The lowest BCUT2D eigenvalue weighted by Gasteiger charge is -2.18. The fraction of sp³-hybridized carbons (Fsp3) is 0.238. The summed E-state index contributed by atoms with van der Waals surface area (Å²) in [5.74, 6) is 1.90. The number of ether oxygens (including phenoxy) is 4. The van der Waals surface area contributed by atoms with Crippen molar-refractivity contribution >= 4 is 16.8 Å². The summed E-state index contributed by atoms with van der Waals surface area (Å²) in [7, 11) is 3.02. The number of H-pyrrole nitrogens is 1. The number of pyridine rings is 1. The van der Waals surface area contributed by atoms with Gasteiger partial charge in [-0.1, -0.05) is 0 Å². The Balaban J connectivity index is 1.57. The highest BCUT2D eigenvalue weighted by molar-refractivity contribution is 5.95. The van der Waals surface area contributed by atoms with Crippen LogP contribution in [0.1, 0.15) is 15.9 Å². The van der Waals surface area contributed by atoms with Gasteiger partial charge in [0.25, 0.3) is 11.5 Å². The highest BCUT2D eigenvalue weighted by Gasteiger charge is 2.15. The zero-order chi connectivity index (χ0) is 20.4. The van der Waals surface area contributed by atoms with Crippen molar-refractivity contribution in [3.05, 3.63) is 57.9 Å². The minimum absolute atomic E-state index is 0.0675. The summed E-state index contributed by atoms with van der Waals surface area (Å²) < 4.78 is 21.5. The van der Waals surface area contributed by atoms with Gasteiger partial charge in [-0.15, -0.1) is 0 Å². The van der Waals surface area contributed by atoms with E-state index in [0.717, 1.165) is 5.39 Å². The third kappa shape index (κ3) is 3.82. The van der Waals surface area contributed by atoms with Crippen molar-refractivity contribution in [1.29, 1.82) is 0 Å². The van der Waals surface area contributed by atoms with E-state index in [1.807, 2.05) is 6.07 Å². The van der Waals surface area contributed by atoms with Crippen molar-refractivity contribution < 1.29 is 23.7 Å². The Morgan fingerprint density at radius 2 is 1.66 bits per heavy atom. The van der Waals surface area contributed by atoms with E-state index in [2.05, 4.69) is 10.3 Å². The molecule has 0 spiro atoms. The van der Waals surface area contributed by atoms with Crippen LogP contribution in [-0.4, -0.2) is 38.3 Å². The molecule has 8 nitrogen and oxygen atoms in total. The molecule has 3 aromatic rings. The third-order valence-corrected chi connectivity index (χ3v) is 4.64. The second-order valence-corrected chi connectivity index (χ2v) is 6.49. The fourth-order valence-electron chi connectivity index (χ4n) is 3.14. The lowest BCUT2D eigenvalue weighted by atomic mass is 10.1. The number of hydrogen-bond acceptors (Lipinski definition) is 6. The van der Waals surface area contributed by atoms with Gasteiger partial charge in [0.05, 0.1) is 19.7 Å². The molecular formula is C21H20N2O6. The number of aromatic amines is 1. The van der Waals surface area contributed by atoms with Crippen LogP contribution in [0.5, 0.6) is 23.0 Å². The van der Waals surface area contributed by atoms with E-state index < -0.39 is 0 Å². The van der Waals surface area contributed by atoms with Crippen molar-refractivity contribution in [2.75, 3.05) is 27.4 Å². The number of benzene rings is 2. The molecule has 0 saturated heterocycles. The molecule has 8 heteroatoms. The summed E-state index contributed by atoms with van der Waals surface area (Å²) in [5.41, 5.74) is 1.17. The number of rotatable bonds is 5. The lowest BCUT2D eigenvalue weighted by Crippen LogP contribution is -2.26. The highest BCUT2D eigenvalue weighted by atomic mass is 16.6. The molecule has 1 aliphatic heterocycles. The van der Waals surface area contributed by atoms with Crippen molar-refractivity contribution in [1.82, 2.24) is 10.3 Å². The maximum Gasteiger partial charge on any atom is 0.253 e. The number of hydrogen-bond donors (Lipinski definition) is 2. The van der Waals surface area contributed by atoms with Crippen LogP contribution in [0.3, 0.4) is 0 Å². The molecule has 1 aliphatic rings. The van der Waals surface area contributed by atoms with E-state index in [-0.39, 0.29) is 18.0 Å². The molecule has 0 unspecified atom stereocenters. The first-order chi connectivity index (χ1) is 14.1. The number of methoxy groups -OCH3 is 2. The minimum atomic E-state index is -0.344. The Morgan fingerprint density at radius 1 is 1.00 bits per heavy atom. The zero-order valence-electron chi connectivity index (χ0n) is 16.0. The topological polar surface area (TPSA) is 98.9 Å². The number of carbonyl (C=O) groups is 1. The molecule has 1 aromatic heterocycles. The van der Waals surface area contributed by atoms with Crippen LogP contribution < -0.4 is 29.8 Å². The Labute approximate surface area is 166 Å². The van der Waals surface area contributed by atoms with Crippen LogP contribution in [0.4, 0.5) is 0 Å². The molecule has 0 aliphatic carbocycles. The predicted octanol–water partition coefficient (Wildman–Crippen LogP) is 2.25. The Bertz CT molecular complexity index is 1120. The second-order valence-electron chi connectivity index (χ2n) is 6.49. The molecule has 0 radical (unpaired) electrons. The quantitative estimate of drug-likeness (QED) is 0.686. The molecular weight excluding hydrogens is 376 g/mol. The normalized spacial score (nSPS) is 12.5. The van der Waals surface area contributed by atoms with Crippen molar-refractivity contribution in [2.24, 2.45) is 0 Å². The molecule has 1 amide bonds. The van der Waals surface area contributed by atoms with E-state index in [0.29, 0.717) is 52.9 Å². The molecule has 150 valence electrons. The van der Waals surface area contributed by atoms with Gasteiger partial charge in [0.15, 0.2) is 11.5 Å². The smallest absolute Gasteiger partial charge is 0.253 e. The molecule has 0 fully saturated rings. The fourth-order valence-corrected chi connectivity index (χ4v) is 3.14. The first-order valence-electron chi connectivity index (χ1n) is 9.04. The number of fused-ring (bicyclic) bond motifs is 2. The highest BCUT2D eigenvalue weighted by Crippen LogP contribution is 2.33. The Morgan fingerprint density at radius 3 is 2.31 bits per heavy atom. The van der Waals surface area contributed by atoms with Crippen LogP contribution in [0.2, 0.25) is 0 Å². The Kier molecular flexibility index (Phi) is 4.99. The molecule has 29 heavy (non-hydrogen) atoms. The third-order valence-electron chi connectivity index (χ3n) is 4.64. The molecule has 0 bridgehead atoms. The van der Waals surface area contributed by atoms with E-state index >= 15 is 0 Å². The van der Waals surface area contributed by atoms with E-state index in [4.69, 9.17) is 18.9 Å². The van der Waals surface area contributed by atoms with Gasteiger partial charge in [0.1, 0.15) is 24.7 Å². The monoisotopic (exact) mass is 396 g/mol. The van der Waals surface area contributed by atoms with Crippen molar-refractivity contribution in [3.8, 4) is 23.0 Å². The van der Waals surface area contributed by atoms with Crippen molar-refractivity contribution in [2.45, 2.75) is 6.54 Å². The standard InChI is InChI=1S/C21H20N2O6/c1-26-15-6-13(7-16(9-15)27-2)20(24)22-11-14-5-12-8-18-19(29-4-3-28-18)10-17(12)23-21(14)25/h5-10H,3-4,11H2,1-2H3,(H,22,24)(H,23,25). The van der Waals surface area contributed by atoms with Gasteiger partial charge in [-0.3, -0.25) is 9.59 Å². The maximum absolute atomic E-state index is 12.5. The SMILES string of the molecule is COc1cc(OC)cc(C(=O)NCc2cc3cc4c(cc3[nH]c2=O)OCCO4)c1. The molecule has 0 atom stereocenters. The van der Waals surface area contributed by atoms with Gasteiger partial charge in [-0.05, 0) is 24.3 Å². The van der Waals surface area contributed by atoms with Crippen molar-refractivity contribution in [3.63, 3.8) is 0 Å². The number of carbonyl (C=O) groups excluding carboxylic acids is 1. The van der Waals surface area contributed by atoms with Gasteiger partial charge in [0.2, 0.25) is 0 Å². The summed E-state index contributed by atoms with van der Waals surface area (Å²) in [4.78, 5) is 27.8. The van der Waals surface area contributed by atoms with Gasteiger partial charge < -0.3 is 29.2 Å². The largest absolute Gasteiger partial charge is 0.497 e. The van der Waals surface area contributed by atoms with Crippen LogP contribution in [0.15, 0.2) is 41.2 Å². The summed E-state index contributed by atoms with van der Waals surface area (Å²) in [5, 5.41) is 3.55. The van der Waals surface area contributed by atoms with Crippen LogP contribution in [0, 0.1) is 0 Å². The minimum Gasteiger partial charge on any atom is -0.497 e. The molecule has 0 saturated carbocycles. The average Bonchev–Trinajstić information content (AvgIpc) is 2.75.